The molecule has 1 N–H and O–H groups in total. The van der Waals surface area contributed by atoms with Gasteiger partial charge in [0.1, 0.15) is 0 Å². The molecule has 1 aliphatic carbocycles. The summed E-state index contributed by atoms with van der Waals surface area (Å²) >= 11 is 0. The van der Waals surface area contributed by atoms with E-state index in [1.807, 2.05) is 12.5 Å². The van der Waals surface area contributed by atoms with Crippen molar-refractivity contribution >= 4 is 0 Å². The molecule has 3 nitrogen and oxygen atoms in total. The number of aromatic nitrogens is 2. The van der Waals surface area contributed by atoms with Crippen molar-refractivity contribution in [2.45, 2.75) is 53.2 Å². The third kappa shape index (κ3) is 2.64. The van der Waals surface area contributed by atoms with Crippen molar-refractivity contribution in [3.8, 4) is 0 Å². The lowest BCUT2D eigenvalue weighted by atomic mass is 10.1. The molecule has 3 heteroatoms. The number of hydrogen-bond donors (Lipinski definition) is 1. The van der Waals surface area contributed by atoms with Gasteiger partial charge >= 0.3 is 0 Å². The molecule has 0 aromatic carbocycles. The second-order valence-electron chi connectivity index (χ2n) is 5.96. The summed E-state index contributed by atoms with van der Waals surface area (Å²) in [6.07, 6.45) is 5.29. The summed E-state index contributed by atoms with van der Waals surface area (Å²) in [5.41, 5.74) is 1.85. The van der Waals surface area contributed by atoms with Crippen LogP contribution in [0, 0.1) is 11.3 Å². The van der Waals surface area contributed by atoms with Gasteiger partial charge in [0.2, 0.25) is 0 Å². The molecule has 0 saturated heterocycles. The Bertz CT molecular complexity index is 352. The van der Waals surface area contributed by atoms with Gasteiger partial charge in [-0.05, 0) is 17.8 Å². The maximum Gasteiger partial charge on any atom is 0.0948 e. The van der Waals surface area contributed by atoms with E-state index >= 15 is 0 Å². The van der Waals surface area contributed by atoms with E-state index in [1.165, 1.54) is 12.1 Å². The van der Waals surface area contributed by atoms with Gasteiger partial charge in [-0.2, -0.15) is 0 Å². The Labute approximate surface area is 98.3 Å². The minimum Gasteiger partial charge on any atom is -0.333 e. The molecule has 0 aliphatic heterocycles. The minimum absolute atomic E-state index is 0.528. The average molecular weight is 221 g/mol. The fraction of sp³-hybridized carbons (Fsp3) is 0.769. The number of nitrogens with one attached hydrogen (secondary N) is 1. The van der Waals surface area contributed by atoms with Crippen LogP contribution >= 0.6 is 0 Å². The normalized spacial score (nSPS) is 22.7. The van der Waals surface area contributed by atoms with Crippen LogP contribution in [-0.2, 0) is 13.1 Å². The summed E-state index contributed by atoms with van der Waals surface area (Å²) in [7, 11) is 0. The van der Waals surface area contributed by atoms with E-state index in [2.05, 4.69) is 42.6 Å². The van der Waals surface area contributed by atoms with E-state index in [0.29, 0.717) is 11.5 Å². The van der Waals surface area contributed by atoms with Gasteiger partial charge in [0.05, 0.1) is 12.0 Å². The van der Waals surface area contributed by atoms with Gasteiger partial charge in [0.25, 0.3) is 0 Å². The van der Waals surface area contributed by atoms with Crippen molar-refractivity contribution in [3.63, 3.8) is 0 Å². The van der Waals surface area contributed by atoms with Crippen LogP contribution in [0.1, 0.15) is 39.8 Å². The van der Waals surface area contributed by atoms with Crippen LogP contribution in [0.25, 0.3) is 0 Å². The zero-order chi connectivity index (χ0) is 11.8. The Morgan fingerprint density at radius 3 is 2.81 bits per heavy atom. The summed E-state index contributed by atoms with van der Waals surface area (Å²) in [6.45, 7) is 11.1. The first-order valence-corrected chi connectivity index (χ1v) is 6.21. The van der Waals surface area contributed by atoms with Crippen molar-refractivity contribution < 1.29 is 0 Å². The highest BCUT2D eigenvalue weighted by Crippen LogP contribution is 2.52. The van der Waals surface area contributed by atoms with Crippen LogP contribution in [0.3, 0.4) is 0 Å². The first-order valence-electron chi connectivity index (χ1n) is 6.21. The Morgan fingerprint density at radius 1 is 1.56 bits per heavy atom. The molecule has 0 bridgehead atoms. The molecular formula is C13H23N3. The van der Waals surface area contributed by atoms with E-state index < -0.39 is 0 Å². The SMILES string of the molecule is CC(C)NCc1cncn1CC1CC1(C)C. The Kier molecular flexibility index (Phi) is 3.06. The minimum atomic E-state index is 0.528. The van der Waals surface area contributed by atoms with Crippen LogP contribution in [0.4, 0.5) is 0 Å². The smallest absolute Gasteiger partial charge is 0.0948 e. The molecule has 1 saturated carbocycles. The maximum atomic E-state index is 4.25. The van der Waals surface area contributed by atoms with E-state index in [9.17, 15) is 0 Å². The summed E-state index contributed by atoms with van der Waals surface area (Å²) < 4.78 is 2.30. The highest BCUT2D eigenvalue weighted by Gasteiger charge is 2.45. The molecule has 1 unspecified atom stereocenters. The molecule has 0 amide bonds. The number of nitrogens with zero attached hydrogens (tertiary/aromatic N) is 2. The molecule has 1 aromatic heterocycles. The van der Waals surface area contributed by atoms with E-state index in [1.54, 1.807) is 0 Å². The molecule has 0 spiro atoms. The van der Waals surface area contributed by atoms with Crippen LogP contribution in [-0.4, -0.2) is 15.6 Å². The zero-order valence-corrected chi connectivity index (χ0v) is 10.8. The highest BCUT2D eigenvalue weighted by molar-refractivity contribution is 5.02. The van der Waals surface area contributed by atoms with E-state index in [-0.39, 0.29) is 0 Å². The molecule has 0 radical (unpaired) electrons. The molecule has 1 fully saturated rings. The fourth-order valence-electron chi connectivity index (χ4n) is 2.09. The molecule has 1 heterocycles. The number of hydrogen-bond acceptors (Lipinski definition) is 2. The maximum absolute atomic E-state index is 4.25. The lowest BCUT2D eigenvalue weighted by molar-refractivity contribution is 0.480. The Balaban J connectivity index is 1.92. The van der Waals surface area contributed by atoms with E-state index in [4.69, 9.17) is 0 Å². The molecular weight excluding hydrogens is 198 g/mol. The van der Waals surface area contributed by atoms with Gasteiger partial charge in [0.15, 0.2) is 0 Å². The third-order valence-electron chi connectivity index (χ3n) is 3.62. The summed E-state index contributed by atoms with van der Waals surface area (Å²) in [5, 5.41) is 3.44. The first kappa shape index (κ1) is 11.6. The predicted molar refractivity (Wildman–Crippen MR) is 66.1 cm³/mol. The monoisotopic (exact) mass is 221 g/mol. The number of rotatable bonds is 5. The van der Waals surface area contributed by atoms with Crippen LogP contribution < -0.4 is 5.32 Å². The van der Waals surface area contributed by atoms with Gasteiger partial charge in [-0.15, -0.1) is 0 Å². The van der Waals surface area contributed by atoms with Crippen molar-refractivity contribution in [2.24, 2.45) is 11.3 Å². The van der Waals surface area contributed by atoms with Crippen molar-refractivity contribution in [1.82, 2.24) is 14.9 Å². The predicted octanol–water partition coefficient (Wildman–Crippen LogP) is 2.43. The second-order valence-corrected chi connectivity index (χ2v) is 5.96. The lowest BCUT2D eigenvalue weighted by Gasteiger charge is -2.11. The van der Waals surface area contributed by atoms with E-state index in [0.717, 1.165) is 19.0 Å². The quantitative estimate of drug-likeness (QED) is 0.827. The van der Waals surface area contributed by atoms with Crippen molar-refractivity contribution in [3.05, 3.63) is 18.2 Å². The average Bonchev–Trinajstić information content (AvgIpc) is 2.60. The van der Waals surface area contributed by atoms with Gasteiger partial charge in [0, 0.05) is 25.3 Å². The molecule has 1 atom stereocenters. The summed E-state index contributed by atoms with van der Waals surface area (Å²) in [5.74, 6) is 0.833. The first-order chi connectivity index (χ1) is 7.49. The molecule has 1 aliphatic rings. The molecule has 90 valence electrons. The van der Waals surface area contributed by atoms with Crippen LogP contribution in [0.5, 0.6) is 0 Å². The van der Waals surface area contributed by atoms with Gasteiger partial charge in [-0.3, -0.25) is 0 Å². The molecule has 16 heavy (non-hydrogen) atoms. The molecule has 1 aromatic rings. The van der Waals surface area contributed by atoms with Crippen LogP contribution in [0.2, 0.25) is 0 Å². The topological polar surface area (TPSA) is 29.9 Å². The van der Waals surface area contributed by atoms with Gasteiger partial charge in [-0.25, -0.2) is 4.98 Å². The largest absolute Gasteiger partial charge is 0.333 e. The lowest BCUT2D eigenvalue weighted by Crippen LogP contribution is -2.23. The van der Waals surface area contributed by atoms with Gasteiger partial charge in [-0.1, -0.05) is 27.7 Å². The standard InChI is InChI=1S/C13H23N3/c1-10(2)15-7-12-6-14-9-16(12)8-11-5-13(11,3)4/h6,9-11,15H,5,7-8H2,1-4H3. The number of imidazole rings is 1. The van der Waals surface area contributed by atoms with Crippen molar-refractivity contribution in [2.75, 3.05) is 0 Å². The highest BCUT2D eigenvalue weighted by atomic mass is 15.1. The third-order valence-corrected chi connectivity index (χ3v) is 3.62. The van der Waals surface area contributed by atoms with Crippen molar-refractivity contribution in [1.29, 1.82) is 0 Å². The molecule has 2 rings (SSSR count). The second kappa shape index (κ2) is 4.21. The van der Waals surface area contributed by atoms with Crippen LogP contribution in [0.15, 0.2) is 12.5 Å². The fourth-order valence-corrected chi connectivity index (χ4v) is 2.09. The Morgan fingerprint density at radius 2 is 2.25 bits per heavy atom. The summed E-state index contributed by atoms with van der Waals surface area (Å²) in [4.78, 5) is 4.25. The van der Waals surface area contributed by atoms with Gasteiger partial charge < -0.3 is 9.88 Å². The summed E-state index contributed by atoms with van der Waals surface area (Å²) in [6, 6.07) is 0.528. The Hall–Kier alpha value is -0.830. The zero-order valence-electron chi connectivity index (χ0n) is 10.8.